The number of rotatable bonds is 8. The number of carbonyl (C=O) groups is 1. The summed E-state index contributed by atoms with van der Waals surface area (Å²) in [7, 11) is -0.0426. The Morgan fingerprint density at radius 3 is 0.889 bits per heavy atom. The minimum atomic E-state index is -7.22. The second-order valence-electron chi connectivity index (χ2n) is 12.8. The molecule has 0 saturated heterocycles. The third-order valence-electron chi connectivity index (χ3n) is 9.37. The highest BCUT2D eigenvalue weighted by atomic mass is 79.9. The Morgan fingerprint density at radius 2 is 0.635 bits per heavy atom. The molecule has 0 aliphatic heterocycles. The fourth-order valence-corrected chi connectivity index (χ4v) is 8.12. The first-order chi connectivity index (χ1) is 29.4. The van der Waals surface area contributed by atoms with E-state index >= 15 is 35.1 Å². The first-order valence-corrected chi connectivity index (χ1v) is 19.2. The molecule has 0 aromatic heterocycles. The first-order valence-electron chi connectivity index (χ1n) is 16.6. The summed E-state index contributed by atoms with van der Waals surface area (Å²) in [5, 5.41) is 0. The van der Waals surface area contributed by atoms with E-state index in [1.807, 2.05) is 42.5 Å². The number of hydrogen-bond donors (Lipinski definition) is 0. The zero-order valence-corrected chi connectivity index (χ0v) is 32.6. The van der Waals surface area contributed by atoms with Gasteiger partial charge in [0, 0.05) is 20.9 Å². The monoisotopic (exact) mass is 1000 g/mol. The highest BCUT2D eigenvalue weighted by Gasteiger charge is 2.52. The number of Topliss-reactive ketones (excluding diaryl/α,β-unsaturated/α-hetero) is 1. The van der Waals surface area contributed by atoms with Crippen LogP contribution in [0.25, 0.3) is 0 Å². The van der Waals surface area contributed by atoms with Gasteiger partial charge in [-0.3, -0.25) is 4.79 Å². The summed E-state index contributed by atoms with van der Waals surface area (Å²) < 4.78 is 295. The van der Waals surface area contributed by atoms with E-state index in [0.717, 1.165) is 10.0 Å². The lowest BCUT2D eigenvalue weighted by atomic mass is 9.12. The molecule has 0 spiro atoms. The van der Waals surface area contributed by atoms with Gasteiger partial charge >= 0.3 is 0 Å². The van der Waals surface area contributed by atoms with Gasteiger partial charge in [0.2, 0.25) is 5.78 Å². The summed E-state index contributed by atoms with van der Waals surface area (Å²) in [6.07, 6.45) is -5.10. The molecular formula is C39H14BBrF20OS. The van der Waals surface area contributed by atoms with Crippen molar-refractivity contribution >= 4 is 60.6 Å². The predicted molar refractivity (Wildman–Crippen MR) is 191 cm³/mol. The van der Waals surface area contributed by atoms with Crippen molar-refractivity contribution in [1.82, 2.24) is 0 Å². The van der Waals surface area contributed by atoms with E-state index in [9.17, 15) is 57.5 Å². The van der Waals surface area contributed by atoms with E-state index in [0.29, 0.717) is 5.75 Å². The minimum Gasteiger partial charge on any atom is -0.289 e. The molecule has 0 aliphatic carbocycles. The summed E-state index contributed by atoms with van der Waals surface area (Å²) in [4.78, 5) is 13.3. The topological polar surface area (TPSA) is 17.1 Å². The SMILES string of the molecule is C[S+](CC(=O)c1ccccc1)c1ccc(Br)cc1.Fc1c(F)c(F)c([B-](c2c(F)c(F)c(F)c(F)c2F)(c2c(F)c(F)c(F)c(F)c2F)c2c(F)c(F)c(F)c(F)c2F)c(F)c1F. The quantitative estimate of drug-likeness (QED) is 0.0371. The average Bonchev–Trinajstić information content (AvgIpc) is 3.26. The largest absolute Gasteiger partial charge is 0.289 e. The molecule has 1 unspecified atom stereocenters. The summed E-state index contributed by atoms with van der Waals surface area (Å²) in [5.74, 6) is -70.6. The number of hydrogen-bond acceptors (Lipinski definition) is 1. The Hall–Kier alpha value is -5.52. The molecule has 0 aliphatic rings. The van der Waals surface area contributed by atoms with E-state index in [-0.39, 0.29) is 16.7 Å². The van der Waals surface area contributed by atoms with Crippen LogP contribution in [0.3, 0.4) is 0 Å². The van der Waals surface area contributed by atoms with Gasteiger partial charge in [-0.25, -0.2) is 87.8 Å². The smallest absolute Gasteiger partial charge is 0.212 e. The van der Waals surface area contributed by atoms with E-state index in [4.69, 9.17) is 0 Å². The van der Waals surface area contributed by atoms with Gasteiger partial charge in [0.15, 0.2) is 80.5 Å². The lowest BCUT2D eigenvalue weighted by Gasteiger charge is -2.44. The van der Waals surface area contributed by atoms with Gasteiger partial charge in [-0.05, 0) is 24.3 Å². The molecule has 6 aromatic rings. The van der Waals surface area contributed by atoms with Crippen LogP contribution in [0.1, 0.15) is 10.4 Å². The first kappa shape index (κ1) is 48.5. The van der Waals surface area contributed by atoms with Crippen LogP contribution in [0.5, 0.6) is 0 Å². The highest BCUT2D eigenvalue weighted by Crippen LogP contribution is 2.31. The predicted octanol–water partition coefficient (Wildman–Crippen LogP) is 9.78. The molecule has 0 saturated carbocycles. The normalized spacial score (nSPS) is 12.0. The number of ketones is 1. The lowest BCUT2D eigenvalue weighted by molar-refractivity contribution is 0.102. The maximum absolute atomic E-state index is 15.4. The standard InChI is InChI=1S/C24BF20.C15H14BrOS/c26-5-1(6(27)14(35)21(42)13(5)34)25(2-7(28)15(36)22(43)16(37)8(2)29,3-9(30)17(38)23(44)18(39)10(3)31)4-11(32)19(40)24(45)20(41)12(4)33;1-18(14-9-7-13(16)8-10-14)11-15(17)12-5-3-2-4-6-12/h;2-10H,11H2,1H3/q-1;+1. The van der Waals surface area contributed by atoms with Gasteiger partial charge < -0.3 is 0 Å². The second kappa shape index (κ2) is 18.3. The molecule has 6 aromatic carbocycles. The molecule has 0 bridgehead atoms. The molecule has 0 N–H and O–H groups in total. The van der Waals surface area contributed by atoms with E-state index < -0.39 is 144 Å². The van der Waals surface area contributed by atoms with Crippen LogP contribution in [0, 0.1) is 116 Å². The van der Waals surface area contributed by atoms with Crippen molar-refractivity contribution in [2.75, 3.05) is 12.0 Å². The van der Waals surface area contributed by atoms with Crippen molar-refractivity contribution in [2.45, 2.75) is 4.90 Å². The van der Waals surface area contributed by atoms with Crippen molar-refractivity contribution in [1.29, 1.82) is 0 Å². The lowest BCUT2D eigenvalue weighted by Crippen LogP contribution is -2.81. The van der Waals surface area contributed by atoms with Gasteiger partial charge in [-0.2, -0.15) is 0 Å². The third kappa shape index (κ3) is 8.03. The fourth-order valence-electron chi connectivity index (χ4n) is 6.53. The summed E-state index contributed by atoms with van der Waals surface area (Å²) in [6, 6.07) is 17.7. The molecule has 24 heteroatoms. The molecule has 0 fully saturated rings. The van der Waals surface area contributed by atoms with Gasteiger partial charge in [0.05, 0.1) is 0 Å². The maximum atomic E-state index is 15.4. The van der Waals surface area contributed by atoms with E-state index in [2.05, 4.69) is 34.3 Å². The van der Waals surface area contributed by atoms with Crippen molar-refractivity contribution in [2.24, 2.45) is 0 Å². The molecular weight excluding hydrogens is 987 g/mol. The van der Waals surface area contributed by atoms with Gasteiger partial charge in [-0.1, -0.05) is 46.3 Å². The Balaban J connectivity index is 0.000000345. The average molecular weight is 1000 g/mol. The van der Waals surface area contributed by atoms with Crippen molar-refractivity contribution < 1.29 is 92.6 Å². The number of benzene rings is 6. The van der Waals surface area contributed by atoms with Crippen LogP contribution in [0.2, 0.25) is 0 Å². The third-order valence-corrected chi connectivity index (χ3v) is 11.7. The summed E-state index contributed by atoms with van der Waals surface area (Å²) in [6.45, 7) is 0. The fraction of sp³-hybridized carbons (Fsp3) is 0.0513. The van der Waals surface area contributed by atoms with Crippen molar-refractivity contribution in [3.8, 4) is 0 Å². The van der Waals surface area contributed by atoms with Crippen LogP contribution < -0.4 is 21.9 Å². The number of halogens is 21. The van der Waals surface area contributed by atoms with Gasteiger partial charge in [0.25, 0.3) is 0 Å². The molecule has 0 radical (unpaired) electrons. The van der Waals surface area contributed by atoms with E-state index in [1.54, 1.807) is 0 Å². The van der Waals surface area contributed by atoms with Gasteiger partial charge in [-0.15, -0.1) is 21.9 Å². The van der Waals surface area contributed by atoms with E-state index in [1.165, 1.54) is 4.90 Å². The molecule has 0 heterocycles. The molecule has 1 nitrogen and oxygen atoms in total. The zero-order chi connectivity index (χ0) is 47.3. The number of carbonyl (C=O) groups excluding carboxylic acids is 1. The molecule has 1 atom stereocenters. The summed E-state index contributed by atoms with van der Waals surface area (Å²) in [5.41, 5.74) is -13.5. The van der Waals surface area contributed by atoms with Crippen LogP contribution in [0.4, 0.5) is 87.8 Å². The molecule has 6 rings (SSSR count). The van der Waals surface area contributed by atoms with Crippen LogP contribution in [-0.4, -0.2) is 23.9 Å². The van der Waals surface area contributed by atoms with Gasteiger partial charge in [0.1, 0.15) is 58.9 Å². The second-order valence-corrected chi connectivity index (χ2v) is 15.8. The van der Waals surface area contributed by atoms with Crippen LogP contribution in [0.15, 0.2) is 64.0 Å². The Labute approximate surface area is 350 Å². The Bertz CT molecular complexity index is 2430. The highest BCUT2D eigenvalue weighted by molar-refractivity contribution is 9.10. The molecule has 63 heavy (non-hydrogen) atoms. The molecule has 332 valence electrons. The van der Waals surface area contributed by atoms with Crippen molar-refractivity contribution in [3.63, 3.8) is 0 Å². The van der Waals surface area contributed by atoms with Crippen molar-refractivity contribution in [3.05, 3.63) is 181 Å². The Morgan fingerprint density at radius 1 is 0.397 bits per heavy atom. The van der Waals surface area contributed by atoms with Crippen LogP contribution >= 0.6 is 15.9 Å². The Kier molecular flexibility index (Phi) is 14.1. The molecule has 0 amide bonds. The summed E-state index contributed by atoms with van der Waals surface area (Å²) >= 11 is 3.42. The minimum absolute atomic E-state index is 0.0426. The van der Waals surface area contributed by atoms with Crippen LogP contribution in [-0.2, 0) is 10.9 Å². The zero-order valence-electron chi connectivity index (χ0n) is 30.2. The maximum Gasteiger partial charge on any atom is 0.212 e.